The Labute approximate surface area is 494 Å². The molecule has 0 heterocycles. The first-order chi connectivity index (χ1) is 40.8. The fourth-order valence-corrected chi connectivity index (χ4v) is 7.05. The Bertz CT molecular complexity index is 2400. The van der Waals surface area contributed by atoms with Gasteiger partial charge in [0.2, 0.25) is 11.5 Å². The maximum absolute atomic E-state index is 13.4. The van der Waals surface area contributed by atoms with E-state index in [4.69, 9.17) is 93.0 Å². The van der Waals surface area contributed by atoms with E-state index in [2.05, 4.69) is 39.5 Å². The third-order valence-corrected chi connectivity index (χ3v) is 11.1. The number of esters is 2. The minimum absolute atomic E-state index is 0.00613. The first-order valence-corrected chi connectivity index (χ1v) is 28.1. The van der Waals surface area contributed by atoms with E-state index < -0.39 is 11.9 Å². The number of halogens is 1. The molecule has 3 aromatic carbocycles. The van der Waals surface area contributed by atoms with Gasteiger partial charge in [-0.1, -0.05) is 49.6 Å². The Morgan fingerprint density at radius 2 is 0.711 bits per heavy atom. The van der Waals surface area contributed by atoms with Crippen molar-refractivity contribution in [2.24, 2.45) is 0 Å². The summed E-state index contributed by atoms with van der Waals surface area (Å²) < 4.78 is 64.9. The molecule has 0 atom stereocenters. The van der Waals surface area contributed by atoms with Gasteiger partial charge in [0.15, 0.2) is 23.0 Å². The molecule has 0 spiro atoms. The fourth-order valence-electron chi connectivity index (χ4n) is 6.84. The number of ether oxygens (including phenoxy) is 11. The smallest absolute Gasteiger partial charge is 0.336 e. The van der Waals surface area contributed by atoms with Crippen LogP contribution in [0.5, 0.6) is 46.0 Å². The van der Waals surface area contributed by atoms with Crippen LogP contribution in [-0.4, -0.2) is 111 Å². The zero-order valence-electron chi connectivity index (χ0n) is 47.8. The van der Waals surface area contributed by atoms with Crippen molar-refractivity contribution in [1.82, 2.24) is 0 Å². The number of hydrogen-bond donors (Lipinski definition) is 0. The topological polar surface area (TPSA) is 191 Å². The van der Waals surface area contributed by atoms with Crippen molar-refractivity contribution in [2.45, 2.75) is 77.0 Å². The van der Waals surface area contributed by atoms with Crippen molar-refractivity contribution in [3.8, 4) is 46.0 Å². The van der Waals surface area contributed by atoms with E-state index in [9.17, 15) is 9.59 Å². The Morgan fingerprint density at radius 3 is 1.08 bits per heavy atom. The summed E-state index contributed by atoms with van der Waals surface area (Å²) in [5.74, 6) is 1.000. The van der Waals surface area contributed by atoms with E-state index in [1.807, 2.05) is 0 Å². The largest absolute Gasteiger partial charge is 0.502 e. The highest BCUT2D eigenvalue weighted by atomic mass is 35.5. The summed E-state index contributed by atoms with van der Waals surface area (Å²) in [6.45, 7) is 26.9. The number of carbonyl (C=O) groups is 2. The van der Waals surface area contributed by atoms with E-state index in [0.29, 0.717) is 183 Å². The van der Waals surface area contributed by atoms with Crippen LogP contribution in [0.15, 0.2) is 131 Å². The molecule has 0 aliphatic rings. The number of carbonyl (C=O) groups excluding carboxylic acids is 2. The maximum Gasteiger partial charge on any atom is 0.336 e. The van der Waals surface area contributed by atoms with Gasteiger partial charge in [-0.05, 0) is 126 Å². The van der Waals surface area contributed by atoms with E-state index in [1.165, 1.54) is 49.1 Å². The van der Waals surface area contributed by atoms with Crippen molar-refractivity contribution < 1.29 is 91.0 Å². The SMILES string of the molecule is C=CCOOCCCCOc1ccc(C=CC(=O)Oc2ccc(OC(=O)C=Cc3ccc(OCCCCOC=C)c(OCCCCOC=C)c3OCCCCOOCC=C)c(Cl)c2)c(OCCCCOC=C)c1OCCCCOOCC=C. The summed E-state index contributed by atoms with van der Waals surface area (Å²) >= 11 is 6.61. The van der Waals surface area contributed by atoms with Gasteiger partial charge in [-0.25, -0.2) is 38.9 Å². The Morgan fingerprint density at radius 1 is 0.373 bits per heavy atom. The van der Waals surface area contributed by atoms with Crippen molar-refractivity contribution in [2.75, 3.05) is 99.1 Å². The molecule has 0 N–H and O–H groups in total. The highest BCUT2D eigenvalue weighted by molar-refractivity contribution is 6.32. The van der Waals surface area contributed by atoms with Crippen molar-refractivity contribution in [3.63, 3.8) is 0 Å². The quantitative estimate of drug-likeness (QED) is 0.00757. The van der Waals surface area contributed by atoms with Crippen LogP contribution in [0.1, 0.15) is 88.2 Å². The molecule has 3 aromatic rings. The third kappa shape index (κ3) is 31.7. The zero-order valence-corrected chi connectivity index (χ0v) is 48.5. The predicted octanol–water partition coefficient (Wildman–Crippen LogP) is 13.4. The molecule has 0 unspecified atom stereocenters. The molecule has 0 radical (unpaired) electrons. The lowest BCUT2D eigenvalue weighted by Gasteiger charge is -2.19. The second-order valence-corrected chi connectivity index (χ2v) is 17.8. The molecule has 3 rings (SSSR count). The lowest BCUT2D eigenvalue weighted by molar-refractivity contribution is -0.286. The zero-order chi connectivity index (χ0) is 59.6. The molecule has 20 heteroatoms. The molecule has 83 heavy (non-hydrogen) atoms. The highest BCUT2D eigenvalue weighted by Gasteiger charge is 2.20. The van der Waals surface area contributed by atoms with Gasteiger partial charge in [-0.15, -0.1) is 19.7 Å². The third-order valence-electron chi connectivity index (χ3n) is 10.8. The molecule has 0 fully saturated rings. The van der Waals surface area contributed by atoms with E-state index in [-0.39, 0.29) is 42.9 Å². The summed E-state index contributed by atoms with van der Waals surface area (Å²) in [4.78, 5) is 57.4. The summed E-state index contributed by atoms with van der Waals surface area (Å²) in [6.07, 6.45) is 22.6. The van der Waals surface area contributed by atoms with Gasteiger partial charge in [-0.3, -0.25) is 0 Å². The lowest BCUT2D eigenvalue weighted by Crippen LogP contribution is -2.09. The summed E-state index contributed by atoms with van der Waals surface area (Å²) in [5.41, 5.74) is 1.03. The normalized spacial score (nSPS) is 10.9. The molecule has 0 aromatic heterocycles. The van der Waals surface area contributed by atoms with E-state index in [1.54, 1.807) is 54.6 Å². The van der Waals surface area contributed by atoms with Crippen molar-refractivity contribution in [1.29, 1.82) is 0 Å². The minimum atomic E-state index is -0.751. The van der Waals surface area contributed by atoms with Crippen LogP contribution >= 0.6 is 11.6 Å². The standard InChI is InChI=1S/C63H83ClO19/c1-7-35-76-79-47-22-19-42-71-57-30-25-51(60(72-43-17-14-39-68-11-5)63(57)75-46-21-24-49-81-78-37-9-3)27-33-58(65)82-53-29-32-55(54(64)50-53)83-59(66)34-28-52-26-31-56(70-41-16-13-38-67-10-4)62(74-45-18-15-40-69-12-6)61(52)73-44-20-23-48-80-77-36-8-2/h7-12,25-34,50H,1-6,13-24,35-49H2. The number of unbranched alkanes of at least 4 members (excludes halogenated alkanes) is 6. The molecule has 0 bridgehead atoms. The van der Waals surface area contributed by atoms with Gasteiger partial charge < -0.3 is 52.1 Å². The molecule has 0 saturated carbocycles. The highest BCUT2D eigenvalue weighted by Crippen LogP contribution is 2.43. The average molecular weight is 1180 g/mol. The number of rotatable bonds is 54. The van der Waals surface area contributed by atoms with Crippen LogP contribution < -0.4 is 37.9 Å². The first-order valence-electron chi connectivity index (χ1n) is 27.7. The Kier molecular flexibility index (Phi) is 39.9. The van der Waals surface area contributed by atoms with Crippen LogP contribution in [0, 0.1) is 0 Å². The van der Waals surface area contributed by atoms with Gasteiger partial charge in [0.25, 0.3) is 0 Å². The van der Waals surface area contributed by atoms with Crippen LogP contribution in [0.25, 0.3) is 12.2 Å². The monoisotopic (exact) mass is 1180 g/mol. The molecule has 456 valence electrons. The first kappa shape index (κ1) is 70.0. The van der Waals surface area contributed by atoms with Crippen LogP contribution in [0.4, 0.5) is 0 Å². The molecule has 19 nitrogen and oxygen atoms in total. The maximum atomic E-state index is 13.4. The minimum Gasteiger partial charge on any atom is -0.502 e. The fraction of sp³-hybridized carbons (Fsp3) is 0.429. The van der Waals surface area contributed by atoms with Gasteiger partial charge in [0, 0.05) is 29.3 Å². The summed E-state index contributed by atoms with van der Waals surface area (Å²) in [7, 11) is 0. The molecular weight excluding hydrogens is 1100 g/mol. The molecule has 0 saturated heterocycles. The van der Waals surface area contributed by atoms with Crippen LogP contribution in [0.2, 0.25) is 5.02 Å². The van der Waals surface area contributed by atoms with Crippen LogP contribution in [-0.2, 0) is 53.1 Å². The summed E-state index contributed by atoms with van der Waals surface area (Å²) in [6, 6.07) is 11.3. The molecule has 0 aliphatic heterocycles. The molecule has 0 aliphatic carbocycles. The van der Waals surface area contributed by atoms with Crippen molar-refractivity contribution >= 4 is 35.7 Å². The summed E-state index contributed by atoms with van der Waals surface area (Å²) in [5, 5.41) is 0.00613. The van der Waals surface area contributed by atoms with Crippen molar-refractivity contribution in [3.05, 3.63) is 147 Å². The average Bonchev–Trinajstić information content (AvgIpc) is 3.48. The van der Waals surface area contributed by atoms with Gasteiger partial charge in [0.1, 0.15) is 31.3 Å². The van der Waals surface area contributed by atoms with E-state index in [0.717, 1.165) is 12.8 Å². The Hall–Kier alpha value is -7.23. The van der Waals surface area contributed by atoms with Gasteiger partial charge in [-0.2, -0.15) is 0 Å². The van der Waals surface area contributed by atoms with Crippen LogP contribution in [0.3, 0.4) is 0 Å². The second-order valence-electron chi connectivity index (χ2n) is 17.4. The molecule has 0 amide bonds. The second kappa shape index (κ2) is 47.3. The lowest BCUT2D eigenvalue weighted by atomic mass is 10.1. The van der Waals surface area contributed by atoms with E-state index >= 15 is 0 Å². The number of hydrogen-bond acceptors (Lipinski definition) is 19. The number of benzene rings is 3. The Balaban J connectivity index is 1.82. The van der Waals surface area contributed by atoms with Gasteiger partial charge in [0.05, 0.1) is 103 Å². The predicted molar refractivity (Wildman–Crippen MR) is 317 cm³/mol. The molecular formula is C63H83ClO19. The van der Waals surface area contributed by atoms with Gasteiger partial charge >= 0.3 is 11.9 Å².